The standard InChI is InChI=1S/C46H41N5O2/c1-45(2,3)31-25-35(42(52)36(26-31)46(4,5)6)44-49-40(43-41(50-44)34-19-11-13-21-38(34)53-43)30-24-32(28-47-27-30)51(39-22-14-15-23-48-39)37-20-12-10-18-33(37)29-16-8-7-9-17-29/h7-28,52H,1-6H3. The molecule has 0 aliphatic carbocycles. The summed E-state index contributed by atoms with van der Waals surface area (Å²) in [5.74, 6) is 1.33. The van der Waals surface area contributed by atoms with E-state index in [1.807, 2.05) is 85.1 Å². The highest BCUT2D eigenvalue weighted by Gasteiger charge is 2.28. The van der Waals surface area contributed by atoms with Crippen LogP contribution in [0.5, 0.6) is 5.75 Å². The lowest BCUT2D eigenvalue weighted by Gasteiger charge is -2.27. The molecule has 0 atom stereocenters. The summed E-state index contributed by atoms with van der Waals surface area (Å²) in [5, 5.41) is 12.8. The number of hydrogen-bond acceptors (Lipinski definition) is 7. The van der Waals surface area contributed by atoms with Gasteiger partial charge in [-0.25, -0.2) is 15.0 Å². The molecule has 8 rings (SSSR count). The summed E-state index contributed by atoms with van der Waals surface area (Å²) in [6, 6.07) is 38.6. The third kappa shape index (κ3) is 6.29. The van der Waals surface area contributed by atoms with Gasteiger partial charge in [-0.2, -0.15) is 0 Å². The highest BCUT2D eigenvalue weighted by Crippen LogP contribution is 2.45. The van der Waals surface area contributed by atoms with E-state index in [2.05, 4.69) is 82.8 Å². The van der Waals surface area contributed by atoms with Crippen molar-refractivity contribution in [3.63, 3.8) is 0 Å². The maximum absolute atomic E-state index is 11.9. The van der Waals surface area contributed by atoms with E-state index in [1.165, 1.54) is 0 Å². The number of nitrogens with zero attached hydrogens (tertiary/aromatic N) is 5. The fourth-order valence-electron chi connectivity index (χ4n) is 6.81. The first kappa shape index (κ1) is 33.8. The Bertz CT molecular complexity index is 2600. The molecule has 262 valence electrons. The first-order valence-electron chi connectivity index (χ1n) is 17.9. The number of furan rings is 1. The number of phenolic OH excluding ortho intramolecular Hbond substituents is 1. The number of para-hydroxylation sites is 2. The Morgan fingerprint density at radius 1 is 0.660 bits per heavy atom. The summed E-state index contributed by atoms with van der Waals surface area (Å²) in [6.45, 7) is 12.9. The Hall–Kier alpha value is -6.34. The number of phenols is 1. The van der Waals surface area contributed by atoms with Gasteiger partial charge in [0, 0.05) is 34.5 Å². The zero-order chi connectivity index (χ0) is 36.9. The first-order chi connectivity index (χ1) is 25.5. The number of hydrogen-bond donors (Lipinski definition) is 1. The maximum Gasteiger partial charge on any atom is 0.180 e. The molecule has 0 unspecified atom stereocenters. The lowest BCUT2D eigenvalue weighted by Crippen LogP contribution is -2.17. The van der Waals surface area contributed by atoms with E-state index in [1.54, 1.807) is 12.4 Å². The van der Waals surface area contributed by atoms with Crippen LogP contribution in [0.25, 0.3) is 55.8 Å². The summed E-state index contributed by atoms with van der Waals surface area (Å²) in [5.41, 5.74) is 9.11. The average molecular weight is 696 g/mol. The zero-order valence-corrected chi connectivity index (χ0v) is 30.8. The SMILES string of the molecule is CC(C)(C)c1cc(-c2nc(-c3cncc(N(c4ccccn4)c4ccccc4-c4ccccc4)c3)c3oc4ccccc4c3n2)c(O)c(C(C)(C)C)c1. The fraction of sp³-hybridized carbons (Fsp3) is 0.174. The van der Waals surface area contributed by atoms with E-state index in [0.717, 1.165) is 50.4 Å². The predicted molar refractivity (Wildman–Crippen MR) is 215 cm³/mol. The Morgan fingerprint density at radius 3 is 2.15 bits per heavy atom. The number of aromatic nitrogens is 4. The van der Waals surface area contributed by atoms with Gasteiger partial charge in [0.25, 0.3) is 0 Å². The molecule has 0 aliphatic heterocycles. The number of benzene rings is 4. The molecular formula is C46H41N5O2. The van der Waals surface area contributed by atoms with E-state index in [4.69, 9.17) is 24.4 Å². The second-order valence-electron chi connectivity index (χ2n) is 15.4. The van der Waals surface area contributed by atoms with Crippen molar-refractivity contribution in [2.45, 2.75) is 52.4 Å². The second kappa shape index (κ2) is 13.0. The number of pyridine rings is 2. The molecule has 0 spiro atoms. The van der Waals surface area contributed by atoms with Gasteiger partial charge in [-0.1, -0.05) is 114 Å². The highest BCUT2D eigenvalue weighted by molar-refractivity contribution is 6.07. The summed E-state index contributed by atoms with van der Waals surface area (Å²) in [6.07, 6.45) is 5.43. The molecule has 53 heavy (non-hydrogen) atoms. The molecule has 0 radical (unpaired) electrons. The molecule has 4 aromatic heterocycles. The minimum absolute atomic E-state index is 0.175. The minimum atomic E-state index is -0.321. The van der Waals surface area contributed by atoms with Gasteiger partial charge >= 0.3 is 0 Å². The van der Waals surface area contributed by atoms with Crippen molar-refractivity contribution in [2.24, 2.45) is 0 Å². The molecule has 7 nitrogen and oxygen atoms in total. The van der Waals surface area contributed by atoms with Crippen molar-refractivity contribution >= 4 is 39.3 Å². The number of anilines is 3. The molecule has 0 amide bonds. The van der Waals surface area contributed by atoms with Crippen LogP contribution in [0.3, 0.4) is 0 Å². The molecule has 7 heteroatoms. The normalized spacial score (nSPS) is 12.0. The van der Waals surface area contributed by atoms with Gasteiger partial charge in [0.15, 0.2) is 11.4 Å². The van der Waals surface area contributed by atoms with Crippen molar-refractivity contribution in [2.75, 3.05) is 4.90 Å². The van der Waals surface area contributed by atoms with Gasteiger partial charge in [0.1, 0.15) is 28.4 Å². The van der Waals surface area contributed by atoms with Crippen LogP contribution < -0.4 is 4.90 Å². The monoisotopic (exact) mass is 695 g/mol. The number of rotatable bonds is 6. The third-order valence-electron chi connectivity index (χ3n) is 9.61. The van der Waals surface area contributed by atoms with Crippen molar-refractivity contribution in [3.05, 3.63) is 145 Å². The van der Waals surface area contributed by atoms with E-state index >= 15 is 0 Å². The largest absolute Gasteiger partial charge is 0.507 e. The van der Waals surface area contributed by atoms with Crippen molar-refractivity contribution in [1.29, 1.82) is 0 Å². The Balaban J connectivity index is 1.38. The van der Waals surface area contributed by atoms with Crippen molar-refractivity contribution < 1.29 is 9.52 Å². The van der Waals surface area contributed by atoms with Crippen LogP contribution in [0, 0.1) is 0 Å². The summed E-state index contributed by atoms with van der Waals surface area (Å²) in [7, 11) is 0. The van der Waals surface area contributed by atoms with Crippen LogP contribution >= 0.6 is 0 Å². The molecule has 0 bridgehead atoms. The Labute approximate surface area is 309 Å². The topological polar surface area (TPSA) is 88.2 Å². The zero-order valence-electron chi connectivity index (χ0n) is 30.8. The first-order valence-corrected chi connectivity index (χ1v) is 17.9. The fourth-order valence-corrected chi connectivity index (χ4v) is 6.81. The Morgan fingerprint density at radius 2 is 1.40 bits per heavy atom. The van der Waals surface area contributed by atoms with Gasteiger partial charge in [0.05, 0.1) is 23.1 Å². The Kier molecular flexibility index (Phi) is 8.29. The number of fused-ring (bicyclic) bond motifs is 3. The molecule has 0 saturated heterocycles. The van der Waals surface area contributed by atoms with Crippen molar-refractivity contribution in [3.8, 4) is 39.5 Å². The van der Waals surface area contributed by atoms with Gasteiger partial charge in [-0.3, -0.25) is 9.88 Å². The molecule has 0 saturated carbocycles. The van der Waals surface area contributed by atoms with Crippen LogP contribution in [-0.4, -0.2) is 25.0 Å². The quantitative estimate of drug-likeness (QED) is 0.185. The van der Waals surface area contributed by atoms with Gasteiger partial charge < -0.3 is 9.52 Å². The summed E-state index contributed by atoms with van der Waals surface area (Å²) >= 11 is 0. The van der Waals surface area contributed by atoms with E-state index in [9.17, 15) is 5.11 Å². The van der Waals surface area contributed by atoms with Gasteiger partial charge in [0.2, 0.25) is 0 Å². The van der Waals surface area contributed by atoms with Gasteiger partial charge in [-0.05, 0) is 64.4 Å². The highest BCUT2D eigenvalue weighted by atomic mass is 16.3. The molecule has 4 aromatic carbocycles. The summed E-state index contributed by atoms with van der Waals surface area (Å²) < 4.78 is 6.52. The third-order valence-corrected chi connectivity index (χ3v) is 9.61. The molecule has 0 fully saturated rings. The predicted octanol–water partition coefficient (Wildman–Crippen LogP) is 11.9. The average Bonchev–Trinajstić information content (AvgIpc) is 3.53. The molecular weight excluding hydrogens is 655 g/mol. The number of aromatic hydroxyl groups is 1. The minimum Gasteiger partial charge on any atom is -0.507 e. The van der Waals surface area contributed by atoms with Gasteiger partial charge in [-0.15, -0.1) is 0 Å². The molecule has 8 aromatic rings. The maximum atomic E-state index is 11.9. The molecule has 0 aliphatic rings. The molecule has 4 heterocycles. The van der Waals surface area contributed by atoms with Crippen LogP contribution in [-0.2, 0) is 10.8 Å². The van der Waals surface area contributed by atoms with Crippen LogP contribution in [0.2, 0.25) is 0 Å². The van der Waals surface area contributed by atoms with Crippen LogP contribution in [0.4, 0.5) is 17.2 Å². The summed E-state index contributed by atoms with van der Waals surface area (Å²) in [4.78, 5) is 22.0. The lowest BCUT2D eigenvalue weighted by atomic mass is 9.79. The smallest absolute Gasteiger partial charge is 0.180 e. The second-order valence-corrected chi connectivity index (χ2v) is 15.4. The lowest BCUT2D eigenvalue weighted by molar-refractivity contribution is 0.446. The van der Waals surface area contributed by atoms with Crippen molar-refractivity contribution in [1.82, 2.24) is 19.9 Å². The van der Waals surface area contributed by atoms with E-state index in [-0.39, 0.29) is 16.6 Å². The van der Waals surface area contributed by atoms with E-state index < -0.39 is 0 Å². The molecule has 1 N–H and O–H groups in total. The van der Waals surface area contributed by atoms with Crippen LogP contribution in [0.15, 0.2) is 138 Å². The van der Waals surface area contributed by atoms with Crippen LogP contribution in [0.1, 0.15) is 52.7 Å². The van der Waals surface area contributed by atoms with E-state index in [0.29, 0.717) is 33.8 Å².